The van der Waals surface area contributed by atoms with Crippen LogP contribution in [0.2, 0.25) is 5.02 Å². The first-order valence-corrected chi connectivity index (χ1v) is 12.0. The summed E-state index contributed by atoms with van der Waals surface area (Å²) < 4.78 is 11.7. The number of oxime groups is 1. The largest absolute Gasteiger partial charge is 0.496 e. The summed E-state index contributed by atoms with van der Waals surface area (Å²) in [6, 6.07) is 9.15. The van der Waals surface area contributed by atoms with E-state index in [9.17, 15) is 10.0 Å². The Kier molecular flexibility index (Phi) is 10.7. The van der Waals surface area contributed by atoms with Crippen LogP contribution in [0.5, 0.6) is 11.5 Å². The number of thioether (sulfide) groups is 1. The van der Waals surface area contributed by atoms with Crippen molar-refractivity contribution in [3.63, 3.8) is 0 Å². The maximum absolute atomic E-state index is 10.8. The molecule has 2 N–H and O–H groups in total. The minimum Gasteiger partial charge on any atom is -0.496 e. The number of carbonyl (C=O) groups is 1. The molecule has 0 saturated carbocycles. The van der Waals surface area contributed by atoms with Crippen molar-refractivity contribution in [2.75, 3.05) is 19.5 Å². The fourth-order valence-electron chi connectivity index (χ4n) is 3.38. The Bertz CT molecular complexity index is 948. The molecule has 8 heteroatoms. The normalized spacial score (nSPS) is 11.4. The Morgan fingerprint density at radius 2 is 2.00 bits per heavy atom. The van der Waals surface area contributed by atoms with Crippen LogP contribution in [0.4, 0.5) is 0 Å². The molecule has 174 valence electrons. The molecule has 0 atom stereocenters. The highest BCUT2D eigenvalue weighted by Crippen LogP contribution is 2.35. The van der Waals surface area contributed by atoms with Gasteiger partial charge in [0.2, 0.25) is 0 Å². The first-order chi connectivity index (χ1) is 15.4. The van der Waals surface area contributed by atoms with E-state index in [1.54, 1.807) is 31.0 Å². The van der Waals surface area contributed by atoms with Gasteiger partial charge in [-0.1, -0.05) is 43.1 Å². The standard InChI is InChI=1S/C24H30ClNO5S/c1-4-7-18-21(10-9-17(24(18)30-3)20(5-2)26-29)31-12-6-13-32-22-11-8-16(14-19(22)25)15-23(27)28/h8-11,14,29H,4-7,12-13,15H2,1-3H3,(H,27,28). The van der Waals surface area contributed by atoms with Crippen molar-refractivity contribution in [1.82, 2.24) is 0 Å². The maximum Gasteiger partial charge on any atom is 0.307 e. The predicted molar refractivity (Wildman–Crippen MR) is 129 cm³/mol. The van der Waals surface area contributed by atoms with Gasteiger partial charge in [-0.15, -0.1) is 11.8 Å². The van der Waals surface area contributed by atoms with E-state index in [0.717, 1.165) is 46.8 Å². The summed E-state index contributed by atoms with van der Waals surface area (Å²) in [5.41, 5.74) is 3.03. The van der Waals surface area contributed by atoms with E-state index in [4.69, 9.17) is 26.2 Å². The molecule has 32 heavy (non-hydrogen) atoms. The van der Waals surface area contributed by atoms with Crippen LogP contribution in [-0.2, 0) is 17.6 Å². The number of carboxylic acid groups (broad SMARTS) is 1. The third kappa shape index (κ3) is 7.07. The summed E-state index contributed by atoms with van der Waals surface area (Å²) in [5.74, 6) is 1.41. The number of carboxylic acids is 1. The van der Waals surface area contributed by atoms with Crippen LogP contribution in [0.25, 0.3) is 0 Å². The number of hydrogen-bond acceptors (Lipinski definition) is 6. The number of rotatable bonds is 13. The Balaban J connectivity index is 2.00. The van der Waals surface area contributed by atoms with Gasteiger partial charge in [0.05, 0.1) is 30.9 Å². The number of aliphatic carboxylic acids is 1. The Hall–Kier alpha value is -2.38. The summed E-state index contributed by atoms with van der Waals surface area (Å²) in [6.45, 7) is 4.57. The molecule has 0 amide bonds. The number of ether oxygens (including phenoxy) is 2. The van der Waals surface area contributed by atoms with Gasteiger partial charge < -0.3 is 19.8 Å². The highest BCUT2D eigenvalue weighted by molar-refractivity contribution is 7.99. The SMILES string of the molecule is CCCc1c(OCCCSc2ccc(CC(=O)O)cc2Cl)ccc(C(CC)=NO)c1OC. The van der Waals surface area contributed by atoms with Gasteiger partial charge in [0.15, 0.2) is 0 Å². The van der Waals surface area contributed by atoms with Crippen LogP contribution in [0.3, 0.4) is 0 Å². The summed E-state index contributed by atoms with van der Waals surface area (Å²) in [6.07, 6.45) is 3.09. The van der Waals surface area contributed by atoms with Crippen LogP contribution in [0, 0.1) is 0 Å². The summed E-state index contributed by atoms with van der Waals surface area (Å²) >= 11 is 7.90. The van der Waals surface area contributed by atoms with Crippen LogP contribution in [0.15, 0.2) is 40.4 Å². The van der Waals surface area contributed by atoms with Crippen molar-refractivity contribution in [1.29, 1.82) is 0 Å². The van der Waals surface area contributed by atoms with Gasteiger partial charge in [0.1, 0.15) is 11.5 Å². The van der Waals surface area contributed by atoms with E-state index in [1.807, 2.05) is 25.1 Å². The van der Waals surface area contributed by atoms with Gasteiger partial charge in [-0.05, 0) is 49.1 Å². The number of methoxy groups -OCH3 is 1. The van der Waals surface area contributed by atoms with Gasteiger partial charge in [-0.3, -0.25) is 4.79 Å². The molecule has 0 aliphatic carbocycles. The second-order valence-corrected chi connectivity index (χ2v) is 8.70. The lowest BCUT2D eigenvalue weighted by atomic mass is 9.99. The molecule has 0 unspecified atom stereocenters. The fourth-order valence-corrected chi connectivity index (χ4v) is 4.59. The minimum atomic E-state index is -0.875. The van der Waals surface area contributed by atoms with E-state index in [0.29, 0.717) is 35.1 Å². The van der Waals surface area contributed by atoms with Crippen molar-refractivity contribution in [2.24, 2.45) is 5.16 Å². The molecular formula is C24H30ClNO5S. The lowest BCUT2D eigenvalue weighted by molar-refractivity contribution is -0.136. The average Bonchev–Trinajstić information content (AvgIpc) is 2.76. The average molecular weight is 480 g/mol. The minimum absolute atomic E-state index is 0.0369. The lowest BCUT2D eigenvalue weighted by Crippen LogP contribution is -2.08. The number of hydrogen-bond donors (Lipinski definition) is 2. The fraction of sp³-hybridized carbons (Fsp3) is 0.417. The smallest absolute Gasteiger partial charge is 0.307 e. The van der Waals surface area contributed by atoms with Crippen molar-refractivity contribution in [3.05, 3.63) is 52.0 Å². The topological polar surface area (TPSA) is 88.4 Å². The van der Waals surface area contributed by atoms with Crippen LogP contribution in [-0.4, -0.2) is 41.5 Å². The molecule has 2 aromatic rings. The van der Waals surface area contributed by atoms with Crippen LogP contribution >= 0.6 is 23.4 Å². The van der Waals surface area contributed by atoms with Crippen molar-refractivity contribution in [3.8, 4) is 11.5 Å². The molecule has 0 bridgehead atoms. The van der Waals surface area contributed by atoms with Crippen molar-refractivity contribution < 1.29 is 24.6 Å². The van der Waals surface area contributed by atoms with Crippen LogP contribution in [0.1, 0.15) is 49.8 Å². The van der Waals surface area contributed by atoms with E-state index < -0.39 is 5.97 Å². The van der Waals surface area contributed by atoms with E-state index in [1.165, 1.54) is 0 Å². The molecule has 0 heterocycles. The quantitative estimate of drug-likeness (QED) is 0.119. The predicted octanol–water partition coefficient (Wildman–Crippen LogP) is 6.08. The molecule has 0 saturated heterocycles. The zero-order valence-corrected chi connectivity index (χ0v) is 20.3. The summed E-state index contributed by atoms with van der Waals surface area (Å²) in [4.78, 5) is 11.8. The second kappa shape index (κ2) is 13.2. The first kappa shape index (κ1) is 25.9. The zero-order valence-electron chi connectivity index (χ0n) is 18.7. The van der Waals surface area contributed by atoms with Gasteiger partial charge in [-0.25, -0.2) is 0 Å². The first-order valence-electron chi connectivity index (χ1n) is 10.6. The lowest BCUT2D eigenvalue weighted by Gasteiger charge is -2.18. The molecule has 0 radical (unpaired) electrons. The van der Waals surface area contributed by atoms with Gasteiger partial charge in [-0.2, -0.15) is 0 Å². The molecular weight excluding hydrogens is 450 g/mol. The van der Waals surface area contributed by atoms with Crippen molar-refractivity contribution in [2.45, 2.75) is 50.8 Å². The van der Waals surface area contributed by atoms with E-state index in [-0.39, 0.29) is 6.42 Å². The maximum atomic E-state index is 10.8. The number of halogens is 1. The third-order valence-electron chi connectivity index (χ3n) is 4.84. The second-order valence-electron chi connectivity index (χ2n) is 7.16. The van der Waals surface area contributed by atoms with Crippen molar-refractivity contribution >= 4 is 35.0 Å². The highest BCUT2D eigenvalue weighted by Gasteiger charge is 2.18. The Labute approximate surface area is 198 Å². The molecule has 2 aromatic carbocycles. The highest BCUT2D eigenvalue weighted by atomic mass is 35.5. The zero-order chi connectivity index (χ0) is 23.5. The molecule has 6 nitrogen and oxygen atoms in total. The van der Waals surface area contributed by atoms with Gasteiger partial charge in [0.25, 0.3) is 0 Å². The van der Waals surface area contributed by atoms with Gasteiger partial charge in [0, 0.05) is 21.8 Å². The summed E-state index contributed by atoms with van der Waals surface area (Å²) in [7, 11) is 1.62. The van der Waals surface area contributed by atoms with E-state index >= 15 is 0 Å². The molecule has 0 aliphatic heterocycles. The molecule has 0 aromatic heterocycles. The third-order valence-corrected chi connectivity index (χ3v) is 6.43. The molecule has 2 rings (SSSR count). The van der Waals surface area contributed by atoms with Gasteiger partial charge >= 0.3 is 5.97 Å². The molecule has 0 aliphatic rings. The molecule has 0 fully saturated rings. The molecule has 0 spiro atoms. The number of benzene rings is 2. The number of nitrogens with zero attached hydrogens (tertiary/aromatic N) is 1. The summed E-state index contributed by atoms with van der Waals surface area (Å²) in [5, 5.41) is 22.2. The van der Waals surface area contributed by atoms with E-state index in [2.05, 4.69) is 12.1 Å². The Morgan fingerprint density at radius 1 is 1.22 bits per heavy atom. The Morgan fingerprint density at radius 3 is 2.59 bits per heavy atom. The van der Waals surface area contributed by atoms with Crippen LogP contribution < -0.4 is 9.47 Å². The monoisotopic (exact) mass is 479 g/mol.